The van der Waals surface area contributed by atoms with E-state index in [-0.39, 0.29) is 34.4 Å². The highest BCUT2D eigenvalue weighted by Crippen LogP contribution is 2.49. The fourth-order valence-corrected chi connectivity index (χ4v) is 3.91. The number of aromatic nitrogens is 1. The number of aromatic carboxylic acids is 1. The van der Waals surface area contributed by atoms with Gasteiger partial charge in [0, 0.05) is 29.2 Å². The molecule has 2 heterocycles. The molecule has 1 aliphatic rings. The first kappa shape index (κ1) is 21.1. The number of benzene rings is 1. The van der Waals surface area contributed by atoms with E-state index in [4.69, 9.17) is 28.3 Å². The lowest BCUT2D eigenvalue weighted by molar-refractivity contribution is -0.389. The third kappa shape index (κ3) is 3.82. The van der Waals surface area contributed by atoms with Gasteiger partial charge < -0.3 is 20.1 Å². The molecule has 0 spiro atoms. The zero-order chi connectivity index (χ0) is 21.6. The summed E-state index contributed by atoms with van der Waals surface area (Å²) in [5.74, 6) is -2.62. The van der Waals surface area contributed by atoms with Crippen LogP contribution < -0.4 is 4.90 Å². The Kier molecular flexibility index (Phi) is 5.35. The van der Waals surface area contributed by atoms with Crippen molar-refractivity contribution in [1.82, 2.24) is 4.98 Å². The summed E-state index contributed by atoms with van der Waals surface area (Å²) in [6, 6.07) is 5.79. The van der Waals surface area contributed by atoms with Gasteiger partial charge in [-0.1, -0.05) is 23.2 Å². The molecule has 7 nitrogen and oxygen atoms in total. The molecule has 0 saturated carbocycles. The molecule has 1 atom stereocenters. The predicted octanol–water partition coefficient (Wildman–Crippen LogP) is 4.71. The van der Waals surface area contributed by atoms with Gasteiger partial charge in [0.25, 0.3) is 0 Å². The molecule has 1 aromatic heterocycles. The predicted molar refractivity (Wildman–Crippen MR) is 98.9 cm³/mol. The van der Waals surface area contributed by atoms with Crippen LogP contribution in [-0.2, 0) is 5.41 Å². The second-order valence-electron chi connectivity index (χ2n) is 6.51. The number of hydrogen-bond donors (Lipinski definition) is 1. The molecule has 1 N–H and O–H groups in total. The van der Waals surface area contributed by atoms with Crippen molar-refractivity contribution in [2.45, 2.75) is 18.0 Å². The third-order valence-electron chi connectivity index (χ3n) is 4.81. The Morgan fingerprint density at radius 2 is 1.86 bits per heavy atom. The number of carboxylic acid groups (broad SMARTS) is 1. The van der Waals surface area contributed by atoms with Gasteiger partial charge >= 0.3 is 18.0 Å². The van der Waals surface area contributed by atoms with Gasteiger partial charge in [-0.15, -0.1) is 0 Å². The summed E-state index contributed by atoms with van der Waals surface area (Å²) in [5.41, 5.74) is -3.09. The topological polar surface area (TPSA) is 96.6 Å². The standard InChI is InChI=1S/C17H12Cl2F3N3O4/c18-10-5-9(6-11(19)7-10)16(17(20,21)22)3-4-24(8-16)13-2-1-12(15(26)27)14(23-13)25(28)29/h1-2,5-7H,3-4,8H2,(H,26,27). The van der Waals surface area contributed by atoms with Gasteiger partial charge in [0.2, 0.25) is 5.82 Å². The van der Waals surface area contributed by atoms with Crippen LogP contribution in [0.4, 0.5) is 24.8 Å². The van der Waals surface area contributed by atoms with Crippen molar-refractivity contribution in [2.24, 2.45) is 0 Å². The molecule has 1 aliphatic heterocycles. The second-order valence-corrected chi connectivity index (χ2v) is 7.39. The third-order valence-corrected chi connectivity index (χ3v) is 5.25. The zero-order valence-electron chi connectivity index (χ0n) is 14.4. The minimum absolute atomic E-state index is 0.0501. The average molecular weight is 450 g/mol. The van der Waals surface area contributed by atoms with E-state index in [2.05, 4.69) is 4.98 Å². The average Bonchev–Trinajstić information content (AvgIpc) is 3.07. The van der Waals surface area contributed by atoms with E-state index >= 15 is 0 Å². The summed E-state index contributed by atoms with van der Waals surface area (Å²) in [6.45, 7) is -0.691. The Balaban J connectivity index is 2.05. The molecule has 2 aromatic rings. The van der Waals surface area contributed by atoms with Crippen molar-refractivity contribution in [2.75, 3.05) is 18.0 Å². The van der Waals surface area contributed by atoms with E-state index in [1.165, 1.54) is 23.1 Å². The number of nitrogens with zero attached hydrogens (tertiary/aromatic N) is 3. The van der Waals surface area contributed by atoms with E-state index in [0.29, 0.717) is 0 Å². The highest BCUT2D eigenvalue weighted by molar-refractivity contribution is 6.34. The molecule has 1 saturated heterocycles. The van der Waals surface area contributed by atoms with E-state index in [9.17, 15) is 28.1 Å². The maximum Gasteiger partial charge on any atom is 0.400 e. The zero-order valence-corrected chi connectivity index (χ0v) is 15.9. The quantitative estimate of drug-likeness (QED) is 0.536. The second kappa shape index (κ2) is 7.34. The molecule has 12 heteroatoms. The maximum atomic E-state index is 14.1. The van der Waals surface area contributed by atoms with Crippen molar-refractivity contribution in [3.05, 3.63) is 61.6 Å². The normalized spacial score (nSPS) is 19.4. The summed E-state index contributed by atoms with van der Waals surface area (Å²) in [4.78, 5) is 26.2. The van der Waals surface area contributed by atoms with Crippen molar-refractivity contribution < 1.29 is 28.0 Å². The SMILES string of the molecule is O=C(O)c1ccc(N2CCC(c3cc(Cl)cc(Cl)c3)(C(F)(F)F)C2)nc1[N+](=O)[O-]. The molecule has 0 amide bonds. The number of carbonyl (C=O) groups is 1. The number of carboxylic acids is 1. The van der Waals surface area contributed by atoms with Crippen LogP contribution >= 0.6 is 23.2 Å². The lowest BCUT2D eigenvalue weighted by Crippen LogP contribution is -2.45. The van der Waals surface area contributed by atoms with Crippen molar-refractivity contribution in [3.63, 3.8) is 0 Å². The first-order valence-corrected chi connectivity index (χ1v) is 8.87. The highest BCUT2D eigenvalue weighted by Gasteiger charge is 2.59. The number of anilines is 1. The lowest BCUT2D eigenvalue weighted by atomic mass is 9.79. The first-order chi connectivity index (χ1) is 13.4. The fraction of sp³-hybridized carbons (Fsp3) is 0.294. The van der Waals surface area contributed by atoms with Gasteiger partial charge in [-0.2, -0.15) is 13.2 Å². The van der Waals surface area contributed by atoms with Gasteiger partial charge in [0.15, 0.2) is 5.56 Å². The van der Waals surface area contributed by atoms with E-state index < -0.39 is 40.4 Å². The van der Waals surface area contributed by atoms with Crippen LogP contribution in [-0.4, -0.2) is 40.2 Å². The molecule has 0 bridgehead atoms. The number of pyridine rings is 1. The van der Waals surface area contributed by atoms with Crippen molar-refractivity contribution in [1.29, 1.82) is 0 Å². The molecule has 29 heavy (non-hydrogen) atoms. The van der Waals surface area contributed by atoms with Crippen LogP contribution in [0.15, 0.2) is 30.3 Å². The number of nitro groups is 1. The van der Waals surface area contributed by atoms with Gasteiger partial charge in [0.1, 0.15) is 5.41 Å². The summed E-state index contributed by atoms with van der Waals surface area (Å²) >= 11 is 11.8. The van der Waals surface area contributed by atoms with Gasteiger partial charge in [-0.05, 0) is 46.2 Å². The lowest BCUT2D eigenvalue weighted by Gasteiger charge is -2.32. The van der Waals surface area contributed by atoms with Crippen molar-refractivity contribution >= 4 is 40.8 Å². The van der Waals surface area contributed by atoms with Gasteiger partial charge in [-0.25, -0.2) is 4.79 Å². The Morgan fingerprint density at radius 3 is 2.38 bits per heavy atom. The van der Waals surface area contributed by atoms with E-state index in [0.717, 1.165) is 12.1 Å². The molecule has 3 rings (SSSR count). The molecule has 0 aliphatic carbocycles. The minimum atomic E-state index is -4.66. The summed E-state index contributed by atoms with van der Waals surface area (Å²) in [6.07, 6.45) is -5.02. The Labute approximate surface area is 171 Å². The number of halogens is 5. The van der Waals surface area contributed by atoms with E-state index in [1.54, 1.807) is 0 Å². The van der Waals surface area contributed by atoms with Gasteiger partial charge in [-0.3, -0.25) is 0 Å². The molecule has 154 valence electrons. The maximum absolute atomic E-state index is 14.1. The highest BCUT2D eigenvalue weighted by atomic mass is 35.5. The first-order valence-electron chi connectivity index (χ1n) is 8.11. The van der Waals surface area contributed by atoms with Gasteiger partial charge in [0.05, 0.1) is 0 Å². The molecular weight excluding hydrogens is 438 g/mol. The Morgan fingerprint density at radius 1 is 1.24 bits per heavy atom. The smallest absolute Gasteiger partial charge is 0.400 e. The number of alkyl halides is 3. The monoisotopic (exact) mass is 449 g/mol. The van der Waals surface area contributed by atoms with Crippen LogP contribution in [0, 0.1) is 10.1 Å². The summed E-state index contributed by atoms with van der Waals surface area (Å²) in [5, 5.41) is 20.3. The number of hydrogen-bond acceptors (Lipinski definition) is 5. The van der Waals surface area contributed by atoms with Crippen LogP contribution in [0.25, 0.3) is 0 Å². The molecular formula is C17H12Cl2F3N3O4. The molecule has 0 radical (unpaired) electrons. The van der Waals surface area contributed by atoms with Crippen LogP contribution in [0.1, 0.15) is 22.3 Å². The largest absolute Gasteiger partial charge is 0.477 e. The minimum Gasteiger partial charge on any atom is -0.477 e. The summed E-state index contributed by atoms with van der Waals surface area (Å²) < 4.78 is 42.3. The van der Waals surface area contributed by atoms with Crippen LogP contribution in [0.2, 0.25) is 10.0 Å². The van der Waals surface area contributed by atoms with Crippen molar-refractivity contribution in [3.8, 4) is 0 Å². The molecule has 1 fully saturated rings. The Hall–Kier alpha value is -2.59. The molecule has 1 aromatic carbocycles. The Bertz CT molecular complexity index is 982. The van der Waals surface area contributed by atoms with Crippen LogP contribution in [0.5, 0.6) is 0 Å². The van der Waals surface area contributed by atoms with Crippen LogP contribution in [0.3, 0.4) is 0 Å². The fourth-order valence-electron chi connectivity index (χ4n) is 3.39. The molecule has 1 unspecified atom stereocenters. The summed E-state index contributed by atoms with van der Waals surface area (Å²) in [7, 11) is 0. The number of rotatable bonds is 4. The van der Waals surface area contributed by atoms with E-state index in [1.807, 2.05) is 0 Å².